The highest BCUT2D eigenvalue weighted by molar-refractivity contribution is 7.22. The molecular weight excluding hydrogens is 427 g/mol. The molecule has 1 amide bonds. The van der Waals surface area contributed by atoms with Crippen molar-refractivity contribution in [1.82, 2.24) is 15.2 Å². The van der Waals surface area contributed by atoms with E-state index >= 15 is 0 Å². The topological polar surface area (TPSA) is 57.7 Å². The Labute approximate surface area is 192 Å². The molecule has 1 aromatic heterocycles. The predicted molar refractivity (Wildman–Crippen MR) is 127 cm³/mol. The molecule has 170 valence electrons. The second-order valence-corrected chi connectivity index (χ2v) is 8.93. The summed E-state index contributed by atoms with van der Waals surface area (Å²) in [5.74, 6) is 0.507. The van der Waals surface area contributed by atoms with Crippen LogP contribution >= 0.6 is 11.3 Å². The van der Waals surface area contributed by atoms with Gasteiger partial charge in [-0.25, -0.2) is 9.37 Å². The van der Waals surface area contributed by atoms with Crippen LogP contribution in [0.2, 0.25) is 0 Å². The minimum Gasteiger partial charge on any atom is -0.494 e. The number of aromatic nitrogens is 1. The van der Waals surface area contributed by atoms with E-state index in [-0.39, 0.29) is 11.7 Å². The molecule has 1 saturated heterocycles. The van der Waals surface area contributed by atoms with Crippen molar-refractivity contribution in [2.24, 2.45) is 0 Å². The summed E-state index contributed by atoms with van der Waals surface area (Å²) in [4.78, 5) is 21.6. The molecule has 0 radical (unpaired) electrons. The van der Waals surface area contributed by atoms with Crippen LogP contribution in [0.4, 0.5) is 9.52 Å². The first-order chi connectivity index (χ1) is 15.6. The lowest BCUT2D eigenvalue weighted by Crippen LogP contribution is -2.48. The van der Waals surface area contributed by atoms with Gasteiger partial charge in [0.15, 0.2) is 5.13 Å². The van der Waals surface area contributed by atoms with Crippen LogP contribution in [0.3, 0.4) is 0 Å². The molecule has 2 heterocycles. The van der Waals surface area contributed by atoms with Gasteiger partial charge in [-0.2, -0.15) is 0 Å². The number of thiazole rings is 1. The molecular formula is C24H29FN4O2S. The molecule has 1 aliphatic heterocycles. The maximum atomic E-state index is 13.4. The van der Waals surface area contributed by atoms with Crippen molar-refractivity contribution in [3.63, 3.8) is 0 Å². The van der Waals surface area contributed by atoms with Crippen LogP contribution in [0.15, 0.2) is 42.5 Å². The average molecular weight is 457 g/mol. The van der Waals surface area contributed by atoms with Gasteiger partial charge in [-0.1, -0.05) is 24.7 Å². The Morgan fingerprint density at radius 2 is 1.94 bits per heavy atom. The Hall–Kier alpha value is -2.71. The summed E-state index contributed by atoms with van der Waals surface area (Å²) in [6.45, 7) is 7.80. The molecule has 2 aromatic carbocycles. The van der Waals surface area contributed by atoms with Gasteiger partial charge in [0.05, 0.1) is 16.8 Å². The van der Waals surface area contributed by atoms with Crippen molar-refractivity contribution in [3.8, 4) is 5.75 Å². The summed E-state index contributed by atoms with van der Waals surface area (Å²) >= 11 is 1.54. The van der Waals surface area contributed by atoms with Gasteiger partial charge in [0.25, 0.3) is 5.91 Å². The third-order valence-corrected chi connectivity index (χ3v) is 6.66. The SMILES string of the molecule is CCCCOc1ccc(C(=O)NCCN2CCN(c3nc4ccc(F)cc4s3)CC2)cc1. The van der Waals surface area contributed by atoms with Crippen molar-refractivity contribution < 1.29 is 13.9 Å². The summed E-state index contributed by atoms with van der Waals surface area (Å²) in [5, 5.41) is 3.95. The van der Waals surface area contributed by atoms with Crippen molar-refractivity contribution in [2.45, 2.75) is 19.8 Å². The Morgan fingerprint density at radius 3 is 2.69 bits per heavy atom. The van der Waals surface area contributed by atoms with E-state index in [9.17, 15) is 9.18 Å². The number of piperazine rings is 1. The lowest BCUT2D eigenvalue weighted by Gasteiger charge is -2.34. The summed E-state index contributed by atoms with van der Waals surface area (Å²) in [6.07, 6.45) is 2.12. The number of hydrogen-bond donors (Lipinski definition) is 1. The maximum Gasteiger partial charge on any atom is 0.251 e. The summed E-state index contributed by atoms with van der Waals surface area (Å²) in [5.41, 5.74) is 1.49. The van der Waals surface area contributed by atoms with Gasteiger partial charge < -0.3 is 15.0 Å². The molecule has 1 aliphatic rings. The Balaban J connectivity index is 1.19. The Bertz CT molecular complexity index is 1030. The fraction of sp³-hybridized carbons (Fsp3) is 0.417. The number of benzene rings is 2. The van der Waals surface area contributed by atoms with Crippen LogP contribution in [-0.2, 0) is 0 Å². The smallest absolute Gasteiger partial charge is 0.251 e. The number of carbonyl (C=O) groups excluding carboxylic acids is 1. The molecule has 0 spiro atoms. The van der Waals surface area contributed by atoms with Crippen molar-refractivity contribution in [3.05, 3.63) is 53.8 Å². The van der Waals surface area contributed by atoms with E-state index in [0.717, 1.165) is 66.7 Å². The number of halogens is 1. The number of amides is 1. The van der Waals surface area contributed by atoms with Crippen LogP contribution in [0.25, 0.3) is 10.2 Å². The van der Waals surface area contributed by atoms with E-state index in [4.69, 9.17) is 4.74 Å². The second kappa shape index (κ2) is 10.7. The number of nitrogens with zero attached hydrogens (tertiary/aromatic N) is 3. The van der Waals surface area contributed by atoms with Crippen molar-refractivity contribution >= 4 is 32.6 Å². The van der Waals surface area contributed by atoms with E-state index in [1.54, 1.807) is 24.3 Å². The number of ether oxygens (including phenoxy) is 1. The van der Waals surface area contributed by atoms with Crippen LogP contribution < -0.4 is 15.0 Å². The zero-order valence-corrected chi connectivity index (χ0v) is 19.2. The molecule has 0 unspecified atom stereocenters. The number of rotatable bonds is 9. The number of carbonyl (C=O) groups is 1. The first kappa shape index (κ1) is 22.5. The van der Waals surface area contributed by atoms with E-state index in [1.807, 2.05) is 12.1 Å². The molecule has 0 bridgehead atoms. The summed E-state index contributed by atoms with van der Waals surface area (Å²) in [6, 6.07) is 12.0. The van der Waals surface area contributed by atoms with E-state index in [2.05, 4.69) is 27.0 Å². The highest BCUT2D eigenvalue weighted by atomic mass is 32.1. The molecule has 6 nitrogen and oxygen atoms in total. The highest BCUT2D eigenvalue weighted by Gasteiger charge is 2.20. The standard InChI is InChI=1S/C24H29FN4O2S/c1-2-3-16-31-20-7-4-18(5-8-20)23(30)26-10-11-28-12-14-29(15-13-28)24-27-21-9-6-19(25)17-22(21)32-24/h4-9,17H,2-3,10-16H2,1H3,(H,26,30). The van der Waals surface area contributed by atoms with E-state index < -0.39 is 0 Å². The van der Waals surface area contributed by atoms with Crippen LogP contribution in [0, 0.1) is 5.82 Å². The van der Waals surface area contributed by atoms with E-state index in [1.165, 1.54) is 17.4 Å². The fourth-order valence-electron chi connectivity index (χ4n) is 3.65. The molecule has 1 fully saturated rings. The first-order valence-corrected chi connectivity index (χ1v) is 12.0. The largest absolute Gasteiger partial charge is 0.494 e. The van der Waals surface area contributed by atoms with Gasteiger partial charge in [0.2, 0.25) is 0 Å². The molecule has 1 N–H and O–H groups in total. The average Bonchev–Trinajstić information content (AvgIpc) is 3.23. The third-order valence-electron chi connectivity index (χ3n) is 5.58. The molecule has 32 heavy (non-hydrogen) atoms. The minimum atomic E-state index is -0.226. The molecule has 0 saturated carbocycles. The van der Waals surface area contributed by atoms with Gasteiger partial charge in [-0.3, -0.25) is 9.69 Å². The first-order valence-electron chi connectivity index (χ1n) is 11.2. The third kappa shape index (κ3) is 5.75. The molecule has 3 aromatic rings. The zero-order valence-electron chi connectivity index (χ0n) is 18.3. The normalized spacial score (nSPS) is 14.6. The van der Waals surface area contributed by atoms with Crippen molar-refractivity contribution in [1.29, 1.82) is 0 Å². The highest BCUT2D eigenvalue weighted by Crippen LogP contribution is 2.29. The molecule has 0 atom stereocenters. The van der Waals surface area contributed by atoms with Crippen LogP contribution in [0.1, 0.15) is 30.1 Å². The Kier molecular flexibility index (Phi) is 7.55. The monoisotopic (exact) mass is 456 g/mol. The number of hydrogen-bond acceptors (Lipinski definition) is 6. The van der Waals surface area contributed by atoms with Gasteiger partial charge in [0.1, 0.15) is 11.6 Å². The number of nitrogens with one attached hydrogen (secondary N) is 1. The predicted octanol–water partition coefficient (Wildman–Crippen LogP) is 4.17. The second-order valence-electron chi connectivity index (χ2n) is 7.92. The van der Waals surface area contributed by atoms with Crippen LogP contribution in [0.5, 0.6) is 5.75 Å². The number of unbranched alkanes of at least 4 members (excludes halogenated alkanes) is 1. The van der Waals surface area contributed by atoms with Gasteiger partial charge in [0, 0.05) is 44.8 Å². The lowest BCUT2D eigenvalue weighted by molar-refractivity contribution is 0.0947. The molecule has 0 aliphatic carbocycles. The zero-order chi connectivity index (χ0) is 22.3. The lowest BCUT2D eigenvalue weighted by atomic mass is 10.2. The van der Waals surface area contributed by atoms with Crippen LogP contribution in [-0.4, -0.2) is 61.7 Å². The summed E-state index contributed by atoms with van der Waals surface area (Å²) in [7, 11) is 0. The van der Waals surface area contributed by atoms with Crippen molar-refractivity contribution in [2.75, 3.05) is 50.8 Å². The number of anilines is 1. The Morgan fingerprint density at radius 1 is 1.16 bits per heavy atom. The quantitative estimate of drug-likeness (QED) is 0.490. The van der Waals surface area contributed by atoms with Gasteiger partial charge >= 0.3 is 0 Å². The number of fused-ring (bicyclic) bond motifs is 1. The minimum absolute atomic E-state index is 0.0644. The summed E-state index contributed by atoms with van der Waals surface area (Å²) < 4.78 is 19.9. The van der Waals surface area contributed by atoms with E-state index in [0.29, 0.717) is 18.7 Å². The fourth-order valence-corrected chi connectivity index (χ4v) is 4.69. The van der Waals surface area contributed by atoms with Gasteiger partial charge in [-0.15, -0.1) is 0 Å². The maximum absolute atomic E-state index is 13.4. The van der Waals surface area contributed by atoms with Gasteiger partial charge in [-0.05, 0) is 48.9 Å². The molecule has 4 rings (SSSR count). The molecule has 8 heteroatoms.